The summed E-state index contributed by atoms with van der Waals surface area (Å²) in [5, 5.41) is 57.3. The Balaban J connectivity index is 1.48. The fraction of sp³-hybridized carbons (Fsp3) is 0.323. The molecule has 3 aliphatic carbocycles. The number of amides is 3. The maximum absolute atomic E-state index is 14.1. The minimum Gasteiger partial charge on any atom is -0.510 e. The van der Waals surface area contributed by atoms with Crippen molar-refractivity contribution in [2.75, 3.05) is 14.1 Å². The summed E-state index contributed by atoms with van der Waals surface area (Å²) in [7, 11) is 2.91. The van der Waals surface area contributed by atoms with Crippen LogP contribution in [0.4, 0.5) is 0 Å². The van der Waals surface area contributed by atoms with E-state index in [0.717, 1.165) is 4.90 Å². The highest BCUT2D eigenvalue weighted by atomic mass is 16.4. The van der Waals surface area contributed by atoms with E-state index in [1.807, 2.05) is 0 Å². The quantitative estimate of drug-likeness (QED) is 0.208. The molecule has 7 N–H and O–H groups in total. The summed E-state index contributed by atoms with van der Waals surface area (Å²) in [6.07, 6.45) is -1.72. The minimum atomic E-state index is -3.03. The Morgan fingerprint density at radius 3 is 2.14 bits per heavy atom. The van der Waals surface area contributed by atoms with Crippen LogP contribution in [0, 0.1) is 11.8 Å². The molecule has 0 unspecified atom stereocenters. The lowest BCUT2D eigenvalue weighted by molar-refractivity contribution is -0.162. The fourth-order valence-electron chi connectivity index (χ4n) is 7.35. The van der Waals surface area contributed by atoms with Gasteiger partial charge in [-0.05, 0) is 37.7 Å². The largest absolute Gasteiger partial charge is 0.510 e. The summed E-state index contributed by atoms with van der Waals surface area (Å²) >= 11 is 0. The summed E-state index contributed by atoms with van der Waals surface area (Å²) in [6, 6.07) is 7.81. The predicted molar refractivity (Wildman–Crippen MR) is 150 cm³/mol. The average molecular weight is 604 g/mol. The molecular formula is C31H29N3O10. The number of likely N-dealkylation sites (N-methyl/N-ethyl adjacent to an activating group) is 1. The topological polar surface area (TPSA) is 219 Å². The summed E-state index contributed by atoms with van der Waals surface area (Å²) in [5.74, 6) is -11.2. The molecule has 0 fully saturated rings. The predicted octanol–water partition coefficient (Wildman–Crippen LogP) is 0.449. The normalized spacial score (nSPS) is 29.6. The molecule has 6 atom stereocenters. The number of primary amides is 1. The van der Waals surface area contributed by atoms with Crippen molar-refractivity contribution in [3.05, 3.63) is 86.9 Å². The van der Waals surface area contributed by atoms with Crippen molar-refractivity contribution in [1.29, 1.82) is 0 Å². The Kier molecular flexibility index (Phi) is 6.36. The zero-order valence-corrected chi connectivity index (χ0v) is 23.8. The monoisotopic (exact) mass is 603 g/mol. The first-order chi connectivity index (χ1) is 20.7. The van der Waals surface area contributed by atoms with Gasteiger partial charge in [-0.3, -0.25) is 33.8 Å². The van der Waals surface area contributed by atoms with E-state index in [1.165, 1.54) is 43.3 Å². The van der Waals surface area contributed by atoms with E-state index >= 15 is 0 Å². The molecule has 0 saturated carbocycles. The van der Waals surface area contributed by atoms with Crippen LogP contribution in [-0.4, -0.2) is 96.5 Å². The van der Waals surface area contributed by atoms with Crippen molar-refractivity contribution in [2.45, 2.75) is 37.1 Å². The Morgan fingerprint density at radius 1 is 1.00 bits per heavy atom. The minimum absolute atomic E-state index is 0.0376. The number of benzene rings is 2. The third-order valence-corrected chi connectivity index (χ3v) is 9.42. The number of Topliss-reactive ketones (excluding diaryl/α,β-unsaturated/α-hetero) is 2. The average Bonchev–Trinajstić information content (AvgIpc) is 3.20. The van der Waals surface area contributed by atoms with Crippen molar-refractivity contribution in [3.63, 3.8) is 0 Å². The molecule has 2 aromatic carbocycles. The number of hydrogen-bond donors (Lipinski definition) is 6. The molecule has 228 valence electrons. The van der Waals surface area contributed by atoms with Crippen LogP contribution in [-0.2, 0) is 16.1 Å². The van der Waals surface area contributed by atoms with Crippen LogP contribution in [0.25, 0.3) is 0 Å². The zero-order valence-electron chi connectivity index (χ0n) is 23.8. The van der Waals surface area contributed by atoms with Gasteiger partial charge in [-0.1, -0.05) is 31.2 Å². The number of hydrogen-bond acceptors (Lipinski definition) is 11. The molecule has 3 amide bonds. The number of ketones is 2. The number of carbonyl (C=O) groups is 5. The molecule has 1 heterocycles. The second-order valence-electron chi connectivity index (χ2n) is 11.8. The van der Waals surface area contributed by atoms with E-state index in [2.05, 4.69) is 0 Å². The standard InChI is InChI=1S/C31H29N3O10/c1-11-13-9-8-12(10-34-29(42)14-6-4-5-7-15(14)30(34)43)22(35)17(13)23(36)18-16(11)24(37)20-21(33(2)3)25(38)19(28(32)41)27(40)31(20,44)26(18)39/h4-9,11,16,20-21,24,35,37-39,44H,10H2,1-3H3,(H2,32,41)/t11-,16+,20+,21+,24+,31+/m1/s1. The Hall–Kier alpha value is -4.85. The van der Waals surface area contributed by atoms with Crippen LogP contribution in [0.15, 0.2) is 59.1 Å². The number of imide groups is 1. The molecule has 0 radical (unpaired) electrons. The number of aromatic hydroxyl groups is 1. The van der Waals surface area contributed by atoms with Crippen LogP contribution < -0.4 is 5.73 Å². The van der Waals surface area contributed by atoms with Gasteiger partial charge in [0.1, 0.15) is 22.8 Å². The van der Waals surface area contributed by atoms with Gasteiger partial charge in [0, 0.05) is 17.1 Å². The van der Waals surface area contributed by atoms with E-state index in [9.17, 15) is 49.5 Å². The Labute approximate surface area is 250 Å². The molecule has 2 aromatic rings. The molecule has 13 nitrogen and oxygen atoms in total. The van der Waals surface area contributed by atoms with Gasteiger partial charge in [-0.25, -0.2) is 0 Å². The highest BCUT2D eigenvalue weighted by Gasteiger charge is 2.67. The number of nitrogens with two attached hydrogens (primary N) is 1. The number of nitrogens with zero attached hydrogens (tertiary/aromatic N) is 2. The van der Waals surface area contributed by atoms with Crippen LogP contribution in [0.1, 0.15) is 55.0 Å². The second-order valence-corrected chi connectivity index (χ2v) is 11.8. The first kappa shape index (κ1) is 29.2. The Morgan fingerprint density at radius 2 is 1.59 bits per heavy atom. The second kappa shape index (κ2) is 9.58. The fourth-order valence-corrected chi connectivity index (χ4v) is 7.35. The first-order valence-electron chi connectivity index (χ1n) is 13.8. The molecule has 0 spiro atoms. The maximum Gasteiger partial charge on any atom is 0.261 e. The van der Waals surface area contributed by atoms with Gasteiger partial charge in [0.05, 0.1) is 41.3 Å². The number of fused-ring (bicyclic) bond motifs is 4. The lowest BCUT2D eigenvalue weighted by atomic mass is 9.55. The molecule has 6 rings (SSSR count). The van der Waals surface area contributed by atoms with Crippen molar-refractivity contribution < 1.29 is 49.5 Å². The van der Waals surface area contributed by atoms with Gasteiger partial charge in [0.25, 0.3) is 17.7 Å². The SMILES string of the molecule is C[C@@H]1c2ccc(CN3C(=O)c4ccccc4C3=O)c(O)c2C(=O)C2=C(O)[C@]3(O)C(=O)C(C(N)=O)=C(O)[C@@H](N(C)C)[C@H]3[C@@H](O)[C@H]21. The molecule has 0 bridgehead atoms. The molecule has 0 saturated heterocycles. The van der Waals surface area contributed by atoms with Crippen LogP contribution >= 0.6 is 0 Å². The lowest BCUT2D eigenvalue weighted by Gasteiger charge is -2.53. The molecular weight excluding hydrogens is 574 g/mol. The highest BCUT2D eigenvalue weighted by molar-refractivity contribution is 6.25. The van der Waals surface area contributed by atoms with E-state index in [-0.39, 0.29) is 34.4 Å². The van der Waals surface area contributed by atoms with Crippen LogP contribution in [0.5, 0.6) is 5.75 Å². The van der Waals surface area contributed by atoms with E-state index in [1.54, 1.807) is 19.1 Å². The van der Waals surface area contributed by atoms with Crippen molar-refractivity contribution in [1.82, 2.24) is 9.80 Å². The molecule has 1 aliphatic heterocycles. The van der Waals surface area contributed by atoms with Crippen LogP contribution in [0.3, 0.4) is 0 Å². The van der Waals surface area contributed by atoms with E-state index < -0.39 is 93.2 Å². The lowest BCUT2D eigenvalue weighted by Crippen LogP contribution is -2.68. The number of aliphatic hydroxyl groups excluding tert-OH is 3. The van der Waals surface area contributed by atoms with Crippen molar-refractivity contribution in [3.8, 4) is 5.75 Å². The summed E-state index contributed by atoms with van der Waals surface area (Å²) in [6.45, 7) is 1.23. The molecule has 13 heteroatoms. The van der Waals surface area contributed by atoms with Gasteiger partial charge in [0.2, 0.25) is 5.78 Å². The van der Waals surface area contributed by atoms with Gasteiger partial charge >= 0.3 is 0 Å². The zero-order chi connectivity index (χ0) is 32.2. The molecule has 4 aliphatic rings. The molecule has 0 aromatic heterocycles. The number of aliphatic hydroxyl groups is 4. The molecule has 44 heavy (non-hydrogen) atoms. The summed E-state index contributed by atoms with van der Waals surface area (Å²) in [4.78, 5) is 67.9. The van der Waals surface area contributed by atoms with Crippen LogP contribution in [0.2, 0.25) is 0 Å². The third-order valence-electron chi connectivity index (χ3n) is 9.42. The first-order valence-corrected chi connectivity index (χ1v) is 13.8. The summed E-state index contributed by atoms with van der Waals surface area (Å²) < 4.78 is 0. The van der Waals surface area contributed by atoms with Crippen molar-refractivity contribution in [2.24, 2.45) is 17.6 Å². The number of rotatable bonds is 4. The number of phenols is 1. The maximum atomic E-state index is 14.1. The summed E-state index contributed by atoms with van der Waals surface area (Å²) in [5.41, 5.74) is 1.17. The number of carbonyl (C=O) groups excluding carboxylic acids is 5. The smallest absolute Gasteiger partial charge is 0.261 e. The number of phenolic OH excluding ortho intramolecular Hbond substituents is 1. The van der Waals surface area contributed by atoms with Gasteiger partial charge < -0.3 is 31.3 Å². The van der Waals surface area contributed by atoms with E-state index in [0.29, 0.717) is 0 Å². The third kappa shape index (κ3) is 3.54. The van der Waals surface area contributed by atoms with Gasteiger partial charge in [-0.15, -0.1) is 0 Å². The Bertz CT molecular complexity index is 1760. The highest BCUT2D eigenvalue weighted by Crippen LogP contribution is 2.55. The van der Waals surface area contributed by atoms with Gasteiger partial charge in [-0.2, -0.15) is 0 Å². The van der Waals surface area contributed by atoms with Crippen molar-refractivity contribution >= 4 is 29.3 Å². The van der Waals surface area contributed by atoms with Gasteiger partial charge in [0.15, 0.2) is 11.4 Å². The van der Waals surface area contributed by atoms with E-state index in [4.69, 9.17) is 5.73 Å².